The number of fused-ring (bicyclic) bond motifs is 1. The normalized spacial score (nSPS) is 13.6. The van der Waals surface area contributed by atoms with E-state index in [0.717, 1.165) is 22.7 Å². The van der Waals surface area contributed by atoms with Crippen molar-refractivity contribution in [2.75, 3.05) is 37.8 Å². The molecule has 0 radical (unpaired) electrons. The zero-order valence-electron chi connectivity index (χ0n) is 15.4. The van der Waals surface area contributed by atoms with Crippen molar-refractivity contribution in [3.8, 4) is 0 Å². The van der Waals surface area contributed by atoms with Gasteiger partial charge in [0.15, 0.2) is 0 Å². The molecule has 7 heteroatoms. The van der Waals surface area contributed by atoms with Gasteiger partial charge in [-0.15, -0.1) is 11.8 Å². The SMILES string of the molecule is CN(C)CCNC(=O)c1ccc2c(c1)N(Cc1ccc(Cl)cc1)C(=O)CS2. The molecule has 2 amide bonds. The summed E-state index contributed by atoms with van der Waals surface area (Å²) in [5.74, 6) is 0.302. The molecule has 0 saturated heterocycles. The van der Waals surface area contributed by atoms with Crippen LogP contribution in [-0.4, -0.2) is 49.7 Å². The van der Waals surface area contributed by atoms with Crippen molar-refractivity contribution in [3.63, 3.8) is 0 Å². The number of carbonyl (C=O) groups is 2. The summed E-state index contributed by atoms with van der Waals surface area (Å²) in [6.45, 7) is 1.80. The standard InChI is InChI=1S/C20H22ClN3O2S/c1-23(2)10-9-22-20(26)15-5-8-18-17(11-15)24(19(25)13-27-18)12-14-3-6-16(21)7-4-14/h3-8,11H,9-10,12-13H2,1-2H3,(H,22,26). The maximum Gasteiger partial charge on any atom is 0.251 e. The molecule has 2 aromatic carbocycles. The highest BCUT2D eigenvalue weighted by Gasteiger charge is 2.26. The molecule has 0 fully saturated rings. The van der Waals surface area contributed by atoms with Crippen LogP contribution in [-0.2, 0) is 11.3 Å². The maximum atomic E-state index is 12.5. The van der Waals surface area contributed by atoms with Crippen LogP contribution in [0.1, 0.15) is 15.9 Å². The van der Waals surface area contributed by atoms with E-state index in [1.807, 2.05) is 55.4 Å². The smallest absolute Gasteiger partial charge is 0.251 e. The molecule has 0 bridgehead atoms. The van der Waals surface area contributed by atoms with Crippen molar-refractivity contribution in [2.24, 2.45) is 0 Å². The largest absolute Gasteiger partial charge is 0.351 e. The van der Waals surface area contributed by atoms with Crippen molar-refractivity contribution in [2.45, 2.75) is 11.4 Å². The number of hydrogen-bond acceptors (Lipinski definition) is 4. The minimum absolute atomic E-state index is 0.0348. The van der Waals surface area contributed by atoms with Crippen LogP contribution in [0.3, 0.4) is 0 Å². The van der Waals surface area contributed by atoms with Gasteiger partial charge in [-0.05, 0) is 50.0 Å². The summed E-state index contributed by atoms with van der Waals surface area (Å²) in [5.41, 5.74) is 2.34. The molecule has 1 aliphatic rings. The van der Waals surface area contributed by atoms with E-state index in [2.05, 4.69) is 5.32 Å². The fraction of sp³-hybridized carbons (Fsp3) is 0.300. The number of nitrogens with one attached hydrogen (secondary N) is 1. The van der Waals surface area contributed by atoms with Gasteiger partial charge < -0.3 is 15.1 Å². The van der Waals surface area contributed by atoms with E-state index in [1.165, 1.54) is 11.8 Å². The van der Waals surface area contributed by atoms with Gasteiger partial charge in [-0.1, -0.05) is 23.7 Å². The Balaban J connectivity index is 1.81. The van der Waals surface area contributed by atoms with Crippen molar-refractivity contribution in [1.29, 1.82) is 0 Å². The maximum absolute atomic E-state index is 12.5. The van der Waals surface area contributed by atoms with Crippen LogP contribution in [0, 0.1) is 0 Å². The molecule has 142 valence electrons. The molecule has 1 N–H and O–H groups in total. The van der Waals surface area contributed by atoms with E-state index >= 15 is 0 Å². The molecular formula is C20H22ClN3O2S. The van der Waals surface area contributed by atoms with Gasteiger partial charge in [0.05, 0.1) is 18.0 Å². The summed E-state index contributed by atoms with van der Waals surface area (Å²) in [6.07, 6.45) is 0. The van der Waals surface area contributed by atoms with E-state index in [4.69, 9.17) is 11.6 Å². The minimum Gasteiger partial charge on any atom is -0.351 e. The molecule has 0 saturated carbocycles. The molecule has 1 heterocycles. The highest BCUT2D eigenvalue weighted by atomic mass is 35.5. The van der Waals surface area contributed by atoms with Gasteiger partial charge >= 0.3 is 0 Å². The van der Waals surface area contributed by atoms with Gasteiger partial charge in [-0.25, -0.2) is 0 Å². The third-order valence-corrected chi connectivity index (χ3v) is 5.56. The number of halogens is 1. The molecule has 0 aliphatic carbocycles. The number of anilines is 1. The Morgan fingerprint density at radius 2 is 1.96 bits per heavy atom. The van der Waals surface area contributed by atoms with Crippen LogP contribution >= 0.6 is 23.4 Å². The van der Waals surface area contributed by atoms with E-state index in [-0.39, 0.29) is 11.8 Å². The fourth-order valence-corrected chi connectivity index (χ4v) is 3.83. The average Bonchev–Trinajstić information content (AvgIpc) is 2.65. The van der Waals surface area contributed by atoms with E-state index in [0.29, 0.717) is 29.4 Å². The van der Waals surface area contributed by atoms with E-state index in [9.17, 15) is 9.59 Å². The highest BCUT2D eigenvalue weighted by Crippen LogP contribution is 2.37. The van der Waals surface area contributed by atoms with Gasteiger partial charge in [0.2, 0.25) is 5.91 Å². The fourth-order valence-electron chi connectivity index (χ4n) is 2.78. The Morgan fingerprint density at radius 3 is 2.67 bits per heavy atom. The number of benzene rings is 2. The summed E-state index contributed by atoms with van der Waals surface area (Å²) in [7, 11) is 3.92. The molecule has 27 heavy (non-hydrogen) atoms. The Hall–Kier alpha value is -2.02. The number of carbonyl (C=O) groups excluding carboxylic acids is 2. The number of nitrogens with zero attached hydrogens (tertiary/aromatic N) is 2. The van der Waals surface area contributed by atoms with Crippen molar-refractivity contribution in [1.82, 2.24) is 10.2 Å². The minimum atomic E-state index is -0.130. The second-order valence-electron chi connectivity index (χ2n) is 6.64. The van der Waals surface area contributed by atoms with Crippen LogP contribution in [0.15, 0.2) is 47.4 Å². The molecule has 0 aromatic heterocycles. The Morgan fingerprint density at radius 1 is 1.22 bits per heavy atom. The Labute approximate surface area is 168 Å². The van der Waals surface area contributed by atoms with Crippen LogP contribution < -0.4 is 10.2 Å². The first-order valence-corrected chi connectivity index (χ1v) is 10.0. The molecule has 3 rings (SSSR count). The average molecular weight is 404 g/mol. The topological polar surface area (TPSA) is 52.7 Å². The van der Waals surface area contributed by atoms with Crippen LogP contribution in [0.25, 0.3) is 0 Å². The number of amides is 2. The lowest BCUT2D eigenvalue weighted by molar-refractivity contribution is -0.116. The van der Waals surface area contributed by atoms with E-state index < -0.39 is 0 Å². The third-order valence-electron chi connectivity index (χ3n) is 4.26. The summed E-state index contributed by atoms with van der Waals surface area (Å²) in [6, 6.07) is 13.0. The molecule has 0 spiro atoms. The number of rotatable bonds is 6. The van der Waals surface area contributed by atoms with Gasteiger partial charge in [0, 0.05) is 28.6 Å². The summed E-state index contributed by atoms with van der Waals surface area (Å²) < 4.78 is 0. The Kier molecular flexibility index (Phi) is 6.42. The first kappa shape index (κ1) is 19.7. The molecule has 1 aliphatic heterocycles. The van der Waals surface area contributed by atoms with Gasteiger partial charge in [-0.2, -0.15) is 0 Å². The lowest BCUT2D eigenvalue weighted by Gasteiger charge is -2.29. The predicted molar refractivity (Wildman–Crippen MR) is 111 cm³/mol. The van der Waals surface area contributed by atoms with Crippen LogP contribution in [0.2, 0.25) is 5.02 Å². The molecule has 5 nitrogen and oxygen atoms in total. The van der Waals surface area contributed by atoms with Crippen LogP contribution in [0.4, 0.5) is 5.69 Å². The third kappa shape index (κ3) is 5.03. The van der Waals surface area contributed by atoms with Crippen molar-refractivity contribution in [3.05, 3.63) is 58.6 Å². The van der Waals surface area contributed by atoms with Crippen LogP contribution in [0.5, 0.6) is 0 Å². The summed E-state index contributed by atoms with van der Waals surface area (Å²) in [4.78, 5) is 29.7. The zero-order chi connectivity index (χ0) is 19.4. The predicted octanol–water partition coefficient (Wildman–Crippen LogP) is 3.27. The first-order chi connectivity index (χ1) is 12.9. The second kappa shape index (κ2) is 8.78. The zero-order valence-corrected chi connectivity index (χ0v) is 16.9. The summed E-state index contributed by atoms with van der Waals surface area (Å²) in [5, 5.41) is 3.58. The molecular weight excluding hydrogens is 382 g/mol. The monoisotopic (exact) mass is 403 g/mol. The molecule has 2 aromatic rings. The second-order valence-corrected chi connectivity index (χ2v) is 8.09. The van der Waals surface area contributed by atoms with Gasteiger partial charge in [-0.3, -0.25) is 9.59 Å². The number of thioether (sulfide) groups is 1. The molecule has 0 unspecified atom stereocenters. The summed E-state index contributed by atoms with van der Waals surface area (Å²) >= 11 is 7.45. The number of hydrogen-bond donors (Lipinski definition) is 1. The van der Waals surface area contributed by atoms with Gasteiger partial charge in [0.1, 0.15) is 0 Å². The van der Waals surface area contributed by atoms with Crippen molar-refractivity contribution < 1.29 is 9.59 Å². The highest BCUT2D eigenvalue weighted by molar-refractivity contribution is 8.00. The Bertz CT molecular complexity index is 840. The lowest BCUT2D eigenvalue weighted by atomic mass is 10.1. The van der Waals surface area contributed by atoms with E-state index in [1.54, 1.807) is 11.0 Å². The first-order valence-electron chi connectivity index (χ1n) is 8.68. The van der Waals surface area contributed by atoms with Crippen molar-refractivity contribution >= 4 is 40.9 Å². The molecule has 0 atom stereocenters. The number of likely N-dealkylation sites (N-methyl/N-ethyl adjacent to an activating group) is 1. The lowest BCUT2D eigenvalue weighted by Crippen LogP contribution is -2.35. The van der Waals surface area contributed by atoms with Gasteiger partial charge in [0.25, 0.3) is 5.91 Å². The quantitative estimate of drug-likeness (QED) is 0.804.